The molecule has 21 heavy (non-hydrogen) atoms. The molecule has 1 aromatic carbocycles. The second kappa shape index (κ2) is 6.10. The Morgan fingerprint density at radius 2 is 1.86 bits per heavy atom. The highest BCUT2D eigenvalue weighted by Crippen LogP contribution is 2.57. The van der Waals surface area contributed by atoms with Crippen LogP contribution in [0.3, 0.4) is 0 Å². The van der Waals surface area contributed by atoms with E-state index < -0.39 is 0 Å². The third-order valence-electron chi connectivity index (χ3n) is 5.75. The first kappa shape index (κ1) is 15.1. The summed E-state index contributed by atoms with van der Waals surface area (Å²) in [5.41, 5.74) is 5.19. The molecule has 0 heterocycles. The third kappa shape index (κ3) is 3.02. The van der Waals surface area contributed by atoms with Crippen molar-refractivity contribution in [3.8, 4) is 0 Å². The van der Waals surface area contributed by atoms with Gasteiger partial charge >= 0.3 is 0 Å². The molecule has 2 aliphatic rings. The molecule has 3 atom stereocenters. The Bertz CT molecular complexity index is 448. The van der Waals surface area contributed by atoms with Gasteiger partial charge in [-0.3, -0.25) is 11.3 Å². The first-order valence-corrected chi connectivity index (χ1v) is 8.67. The van der Waals surface area contributed by atoms with Crippen LogP contribution in [0.4, 0.5) is 0 Å². The van der Waals surface area contributed by atoms with Gasteiger partial charge in [0.2, 0.25) is 0 Å². The van der Waals surface area contributed by atoms with Gasteiger partial charge in [-0.1, -0.05) is 57.0 Å². The number of hydrogen-bond donors (Lipinski definition) is 2. The highest BCUT2D eigenvalue weighted by molar-refractivity contribution is 5.27. The van der Waals surface area contributed by atoms with Crippen molar-refractivity contribution < 1.29 is 0 Å². The minimum absolute atomic E-state index is 0.442. The lowest BCUT2D eigenvalue weighted by Gasteiger charge is -2.39. The summed E-state index contributed by atoms with van der Waals surface area (Å²) >= 11 is 0. The van der Waals surface area contributed by atoms with E-state index in [2.05, 4.69) is 49.6 Å². The summed E-state index contributed by atoms with van der Waals surface area (Å²) in [6.45, 7) is 4.71. The van der Waals surface area contributed by atoms with Gasteiger partial charge in [-0.15, -0.1) is 0 Å². The number of nitrogens with one attached hydrogen (secondary N) is 1. The smallest absolute Gasteiger partial charge is 0.0301 e. The van der Waals surface area contributed by atoms with Crippen LogP contribution < -0.4 is 11.3 Å². The minimum Gasteiger partial charge on any atom is -0.271 e. The van der Waals surface area contributed by atoms with E-state index in [0.29, 0.717) is 11.5 Å². The van der Waals surface area contributed by atoms with E-state index in [1.165, 1.54) is 44.1 Å². The third-order valence-corrected chi connectivity index (χ3v) is 5.75. The van der Waals surface area contributed by atoms with Gasteiger partial charge in [0.05, 0.1) is 0 Å². The van der Waals surface area contributed by atoms with Crippen LogP contribution in [0, 0.1) is 17.3 Å². The number of rotatable bonds is 6. The van der Waals surface area contributed by atoms with Crippen molar-refractivity contribution in [2.45, 2.75) is 64.3 Å². The van der Waals surface area contributed by atoms with Crippen molar-refractivity contribution in [1.82, 2.24) is 5.43 Å². The van der Waals surface area contributed by atoms with Crippen LogP contribution in [-0.4, -0.2) is 6.04 Å². The molecule has 0 spiro atoms. The lowest BCUT2D eigenvalue weighted by molar-refractivity contribution is 0.137. The summed E-state index contributed by atoms with van der Waals surface area (Å²) in [5, 5.41) is 0. The van der Waals surface area contributed by atoms with Crippen LogP contribution in [0.25, 0.3) is 0 Å². The molecule has 0 bridgehead atoms. The summed E-state index contributed by atoms with van der Waals surface area (Å²) in [5.74, 6) is 8.25. The summed E-state index contributed by atoms with van der Waals surface area (Å²) in [6, 6.07) is 11.5. The lowest BCUT2D eigenvalue weighted by atomic mass is 9.70. The molecule has 0 amide bonds. The molecule has 0 aromatic heterocycles. The zero-order chi connectivity index (χ0) is 14.9. The van der Waals surface area contributed by atoms with Crippen LogP contribution in [-0.2, 0) is 0 Å². The highest BCUT2D eigenvalue weighted by Gasteiger charge is 2.52. The van der Waals surface area contributed by atoms with Crippen LogP contribution in [0.1, 0.15) is 63.9 Å². The molecule has 116 valence electrons. The Morgan fingerprint density at radius 3 is 2.43 bits per heavy atom. The molecule has 2 fully saturated rings. The first-order valence-electron chi connectivity index (χ1n) is 8.67. The molecule has 2 aliphatic carbocycles. The van der Waals surface area contributed by atoms with Gasteiger partial charge in [0, 0.05) is 6.04 Å². The minimum atomic E-state index is 0.442. The van der Waals surface area contributed by atoms with Gasteiger partial charge in [0.25, 0.3) is 0 Å². The molecular formula is C19H30N2. The van der Waals surface area contributed by atoms with Gasteiger partial charge in [0.15, 0.2) is 0 Å². The molecule has 2 saturated carbocycles. The second-order valence-corrected chi connectivity index (χ2v) is 7.73. The van der Waals surface area contributed by atoms with Crippen LogP contribution in [0.5, 0.6) is 0 Å². The first-order chi connectivity index (χ1) is 10.2. The van der Waals surface area contributed by atoms with E-state index in [0.717, 1.165) is 17.8 Å². The van der Waals surface area contributed by atoms with Crippen LogP contribution >= 0.6 is 0 Å². The fourth-order valence-corrected chi connectivity index (χ4v) is 4.96. The van der Waals surface area contributed by atoms with Crippen molar-refractivity contribution in [1.29, 1.82) is 0 Å². The van der Waals surface area contributed by atoms with Crippen molar-refractivity contribution in [3.63, 3.8) is 0 Å². The highest BCUT2D eigenvalue weighted by atomic mass is 15.2. The Kier molecular flexibility index (Phi) is 4.37. The molecule has 3 unspecified atom stereocenters. The SMILES string of the molecule is CC(C)CC1(C(NN)C2CC2c2ccccc2)CCCC1. The molecule has 0 radical (unpaired) electrons. The van der Waals surface area contributed by atoms with Gasteiger partial charge < -0.3 is 0 Å². The average molecular weight is 286 g/mol. The molecule has 1 aromatic rings. The normalized spacial score (nSPS) is 28.8. The summed E-state index contributed by atoms with van der Waals surface area (Å²) in [6.07, 6.45) is 8.11. The van der Waals surface area contributed by atoms with Crippen molar-refractivity contribution in [2.75, 3.05) is 0 Å². The zero-order valence-corrected chi connectivity index (χ0v) is 13.5. The molecule has 2 heteroatoms. The van der Waals surface area contributed by atoms with E-state index in [4.69, 9.17) is 5.84 Å². The molecule has 3 N–H and O–H groups in total. The maximum Gasteiger partial charge on any atom is 0.0301 e. The fourth-order valence-electron chi connectivity index (χ4n) is 4.96. The summed E-state index contributed by atoms with van der Waals surface area (Å²) < 4.78 is 0. The number of hydrogen-bond acceptors (Lipinski definition) is 2. The number of benzene rings is 1. The van der Waals surface area contributed by atoms with Crippen molar-refractivity contribution in [3.05, 3.63) is 35.9 Å². The van der Waals surface area contributed by atoms with Crippen LogP contribution in [0.15, 0.2) is 30.3 Å². The average Bonchev–Trinajstić information content (AvgIpc) is 3.12. The molecule has 2 nitrogen and oxygen atoms in total. The quantitative estimate of drug-likeness (QED) is 0.606. The monoisotopic (exact) mass is 286 g/mol. The number of hydrazine groups is 1. The predicted molar refractivity (Wildman–Crippen MR) is 88.8 cm³/mol. The van der Waals surface area contributed by atoms with Crippen LogP contribution in [0.2, 0.25) is 0 Å². The molecule has 3 rings (SSSR count). The largest absolute Gasteiger partial charge is 0.271 e. The van der Waals surface area contributed by atoms with Gasteiger partial charge in [-0.2, -0.15) is 0 Å². The maximum absolute atomic E-state index is 6.04. The zero-order valence-electron chi connectivity index (χ0n) is 13.5. The Balaban J connectivity index is 1.76. The Morgan fingerprint density at radius 1 is 1.19 bits per heavy atom. The van der Waals surface area contributed by atoms with E-state index in [1.54, 1.807) is 0 Å². The second-order valence-electron chi connectivity index (χ2n) is 7.73. The van der Waals surface area contributed by atoms with Crippen molar-refractivity contribution >= 4 is 0 Å². The summed E-state index contributed by atoms with van der Waals surface area (Å²) in [7, 11) is 0. The Hall–Kier alpha value is -0.860. The molecule has 0 aliphatic heterocycles. The van der Waals surface area contributed by atoms with Crippen molar-refractivity contribution in [2.24, 2.45) is 23.1 Å². The van der Waals surface area contributed by atoms with E-state index in [1.807, 2.05) is 0 Å². The molecular weight excluding hydrogens is 256 g/mol. The maximum atomic E-state index is 6.04. The molecule has 0 saturated heterocycles. The number of nitrogens with two attached hydrogens (primary N) is 1. The topological polar surface area (TPSA) is 38.0 Å². The Labute approximate surface area is 129 Å². The van der Waals surface area contributed by atoms with E-state index >= 15 is 0 Å². The van der Waals surface area contributed by atoms with Gasteiger partial charge in [-0.05, 0) is 54.4 Å². The van der Waals surface area contributed by atoms with Gasteiger partial charge in [0.1, 0.15) is 0 Å². The van der Waals surface area contributed by atoms with Gasteiger partial charge in [-0.25, -0.2) is 0 Å². The summed E-state index contributed by atoms with van der Waals surface area (Å²) in [4.78, 5) is 0. The van der Waals surface area contributed by atoms with E-state index in [9.17, 15) is 0 Å². The predicted octanol–water partition coefficient (Wildman–Crippen LogP) is 4.23. The van der Waals surface area contributed by atoms with E-state index in [-0.39, 0.29) is 0 Å². The lowest BCUT2D eigenvalue weighted by Crippen LogP contribution is -2.49. The fraction of sp³-hybridized carbons (Fsp3) is 0.684. The standard InChI is InChI=1S/C19H30N2/c1-14(2)13-19(10-6-7-11-19)18(21-20)17-12-16(17)15-8-4-3-5-9-15/h3-5,8-9,14,16-18,21H,6-7,10-13,20H2,1-2H3.